The lowest BCUT2D eigenvalue weighted by atomic mass is 10.3. The van der Waals surface area contributed by atoms with Crippen LogP contribution in [-0.2, 0) is 4.79 Å². The van der Waals surface area contributed by atoms with Gasteiger partial charge in [-0.05, 0) is 24.3 Å². The number of amides is 2. The Labute approximate surface area is 122 Å². The number of benzene rings is 1. The van der Waals surface area contributed by atoms with Crippen molar-refractivity contribution in [2.45, 2.75) is 0 Å². The van der Waals surface area contributed by atoms with E-state index in [2.05, 4.69) is 11.9 Å². The predicted molar refractivity (Wildman–Crippen MR) is 77.4 cm³/mol. The molecule has 0 heterocycles. The molecule has 7 nitrogen and oxygen atoms in total. The number of aliphatic carboxylic acids is 1. The van der Waals surface area contributed by atoms with Gasteiger partial charge in [0.25, 0.3) is 0 Å². The Balaban J connectivity index is 2.59. The van der Waals surface area contributed by atoms with Crippen molar-refractivity contribution in [3.05, 3.63) is 36.9 Å². The van der Waals surface area contributed by atoms with Crippen LogP contribution in [0.3, 0.4) is 0 Å². The Morgan fingerprint density at radius 3 is 2.52 bits per heavy atom. The number of hydrogen-bond acceptors (Lipinski definition) is 4. The normalized spacial score (nSPS) is 9.76. The third-order valence-electron chi connectivity index (χ3n) is 2.47. The molecule has 0 bridgehead atoms. The number of carbonyl (C=O) groups is 2. The molecule has 0 aromatic heterocycles. The van der Waals surface area contributed by atoms with Crippen molar-refractivity contribution in [3.63, 3.8) is 0 Å². The largest absolute Gasteiger partial charge is 0.482 e. The Kier molecular flexibility index (Phi) is 6.76. The number of aliphatic hydroxyl groups excluding tert-OH is 1. The predicted octanol–water partition coefficient (Wildman–Crippen LogP) is 1.16. The van der Waals surface area contributed by atoms with Crippen LogP contribution in [0.25, 0.3) is 0 Å². The lowest BCUT2D eigenvalue weighted by Gasteiger charge is -2.20. The van der Waals surface area contributed by atoms with Crippen molar-refractivity contribution < 1.29 is 24.5 Å². The van der Waals surface area contributed by atoms with Crippen molar-refractivity contribution >= 4 is 17.7 Å². The number of ether oxygens (including phenoxy) is 1. The number of carbonyl (C=O) groups excluding carboxylic acids is 1. The summed E-state index contributed by atoms with van der Waals surface area (Å²) in [6, 6.07) is 5.95. The maximum absolute atomic E-state index is 11.9. The summed E-state index contributed by atoms with van der Waals surface area (Å²) in [6.45, 7) is 3.53. The van der Waals surface area contributed by atoms with Gasteiger partial charge < -0.3 is 25.2 Å². The third-order valence-corrected chi connectivity index (χ3v) is 2.47. The number of hydrogen-bond donors (Lipinski definition) is 3. The summed E-state index contributed by atoms with van der Waals surface area (Å²) in [7, 11) is 0. The molecule has 0 saturated heterocycles. The van der Waals surface area contributed by atoms with E-state index in [0.717, 1.165) is 0 Å². The van der Waals surface area contributed by atoms with Gasteiger partial charge in [0, 0.05) is 18.8 Å². The molecule has 3 N–H and O–H groups in total. The third kappa shape index (κ3) is 5.96. The number of nitrogens with one attached hydrogen (secondary N) is 1. The van der Waals surface area contributed by atoms with Crippen molar-refractivity contribution in [2.24, 2.45) is 0 Å². The van der Waals surface area contributed by atoms with E-state index in [1.807, 2.05) is 0 Å². The monoisotopic (exact) mass is 294 g/mol. The second kappa shape index (κ2) is 8.60. The highest BCUT2D eigenvalue weighted by atomic mass is 16.5. The van der Waals surface area contributed by atoms with Crippen LogP contribution in [0.5, 0.6) is 5.75 Å². The van der Waals surface area contributed by atoms with Gasteiger partial charge in [0.2, 0.25) is 0 Å². The Hall–Kier alpha value is -2.54. The number of urea groups is 1. The lowest BCUT2D eigenvalue weighted by Crippen LogP contribution is -2.37. The molecule has 21 heavy (non-hydrogen) atoms. The Morgan fingerprint density at radius 2 is 2.00 bits per heavy atom. The second-order valence-corrected chi connectivity index (χ2v) is 4.10. The summed E-state index contributed by atoms with van der Waals surface area (Å²) in [6.07, 6.45) is 1.57. The summed E-state index contributed by atoms with van der Waals surface area (Å²) >= 11 is 0. The molecule has 0 unspecified atom stereocenters. The molecule has 0 radical (unpaired) electrons. The Bertz CT molecular complexity index is 487. The summed E-state index contributed by atoms with van der Waals surface area (Å²) in [5.41, 5.74) is 0.537. The minimum Gasteiger partial charge on any atom is -0.482 e. The van der Waals surface area contributed by atoms with Crippen LogP contribution in [0.4, 0.5) is 10.5 Å². The smallest absolute Gasteiger partial charge is 0.341 e. The quantitative estimate of drug-likeness (QED) is 0.625. The zero-order valence-electron chi connectivity index (χ0n) is 11.5. The molecular formula is C14H18N2O5. The number of anilines is 1. The number of carboxylic acid groups (broad SMARTS) is 1. The molecule has 0 fully saturated rings. The van der Waals surface area contributed by atoms with Crippen LogP contribution < -0.4 is 10.1 Å². The number of aliphatic hydroxyl groups is 1. The topological polar surface area (TPSA) is 99.1 Å². The summed E-state index contributed by atoms with van der Waals surface area (Å²) in [5, 5.41) is 20.1. The van der Waals surface area contributed by atoms with Crippen LogP contribution in [0.1, 0.15) is 0 Å². The highest BCUT2D eigenvalue weighted by molar-refractivity contribution is 5.89. The first-order valence-electron chi connectivity index (χ1n) is 6.29. The molecule has 0 atom stereocenters. The van der Waals surface area contributed by atoms with Gasteiger partial charge in [0.1, 0.15) is 5.75 Å². The molecule has 1 aromatic rings. The number of nitrogens with zero attached hydrogens (tertiary/aromatic N) is 1. The van der Waals surface area contributed by atoms with Crippen LogP contribution in [0.2, 0.25) is 0 Å². The van der Waals surface area contributed by atoms with E-state index in [-0.39, 0.29) is 19.2 Å². The highest BCUT2D eigenvalue weighted by Gasteiger charge is 2.11. The van der Waals surface area contributed by atoms with E-state index in [9.17, 15) is 9.59 Å². The molecule has 0 spiro atoms. The van der Waals surface area contributed by atoms with Crippen LogP contribution in [0, 0.1) is 0 Å². The lowest BCUT2D eigenvalue weighted by molar-refractivity contribution is -0.139. The van der Waals surface area contributed by atoms with E-state index in [1.165, 1.54) is 4.90 Å². The van der Waals surface area contributed by atoms with Crippen molar-refractivity contribution in [1.29, 1.82) is 0 Å². The van der Waals surface area contributed by atoms with Crippen molar-refractivity contribution in [3.8, 4) is 5.75 Å². The molecular weight excluding hydrogens is 276 g/mol. The van der Waals surface area contributed by atoms with Crippen LogP contribution >= 0.6 is 0 Å². The fraction of sp³-hybridized carbons (Fsp3) is 0.286. The van der Waals surface area contributed by atoms with Gasteiger partial charge in [-0.15, -0.1) is 6.58 Å². The minimum atomic E-state index is -1.06. The first-order valence-corrected chi connectivity index (χ1v) is 6.29. The maximum Gasteiger partial charge on any atom is 0.341 e. The molecule has 0 aliphatic rings. The van der Waals surface area contributed by atoms with Crippen LogP contribution in [-0.4, -0.2) is 53.4 Å². The van der Waals surface area contributed by atoms with E-state index >= 15 is 0 Å². The van der Waals surface area contributed by atoms with Gasteiger partial charge in [-0.25, -0.2) is 9.59 Å². The minimum absolute atomic E-state index is 0.136. The molecule has 0 aliphatic carbocycles. The number of carboxylic acids is 1. The summed E-state index contributed by atoms with van der Waals surface area (Å²) < 4.78 is 4.98. The fourth-order valence-electron chi connectivity index (χ4n) is 1.53. The number of rotatable bonds is 8. The molecule has 0 saturated carbocycles. The molecule has 2 amide bonds. The molecule has 7 heteroatoms. The van der Waals surface area contributed by atoms with Crippen molar-refractivity contribution in [1.82, 2.24) is 4.90 Å². The zero-order valence-corrected chi connectivity index (χ0v) is 11.5. The van der Waals surface area contributed by atoms with Crippen LogP contribution in [0.15, 0.2) is 36.9 Å². The van der Waals surface area contributed by atoms with E-state index in [1.54, 1.807) is 30.3 Å². The standard InChI is InChI=1S/C14H18N2O5/c1-2-7-16(8-9-17)14(20)15-11-3-5-12(6-4-11)21-10-13(18)19/h2-6,17H,1,7-10H2,(H,15,20)(H,18,19). The Morgan fingerprint density at radius 1 is 1.33 bits per heavy atom. The molecule has 114 valence electrons. The van der Waals surface area contributed by atoms with Crippen molar-refractivity contribution in [2.75, 3.05) is 31.6 Å². The average molecular weight is 294 g/mol. The molecule has 1 rings (SSSR count). The SMILES string of the molecule is C=CCN(CCO)C(=O)Nc1ccc(OCC(=O)O)cc1. The zero-order chi connectivity index (χ0) is 15.7. The van der Waals surface area contributed by atoms with Gasteiger partial charge in [0.15, 0.2) is 6.61 Å². The van der Waals surface area contributed by atoms with Gasteiger partial charge >= 0.3 is 12.0 Å². The first-order chi connectivity index (χ1) is 10.1. The fourth-order valence-corrected chi connectivity index (χ4v) is 1.53. The van der Waals surface area contributed by atoms with Gasteiger partial charge in [-0.3, -0.25) is 0 Å². The van der Waals surface area contributed by atoms with E-state index in [0.29, 0.717) is 18.0 Å². The average Bonchev–Trinajstić information content (AvgIpc) is 2.46. The summed E-state index contributed by atoms with van der Waals surface area (Å²) in [4.78, 5) is 23.7. The molecule has 0 aliphatic heterocycles. The molecule has 1 aromatic carbocycles. The second-order valence-electron chi connectivity index (χ2n) is 4.10. The summed E-state index contributed by atoms with van der Waals surface area (Å²) in [5.74, 6) is -0.662. The van der Waals surface area contributed by atoms with Gasteiger partial charge in [-0.2, -0.15) is 0 Å². The van der Waals surface area contributed by atoms with E-state index in [4.69, 9.17) is 14.9 Å². The van der Waals surface area contributed by atoms with E-state index < -0.39 is 12.6 Å². The first kappa shape index (κ1) is 16.5. The maximum atomic E-state index is 11.9. The van der Waals surface area contributed by atoms with Gasteiger partial charge in [0.05, 0.1) is 6.61 Å². The van der Waals surface area contributed by atoms with Gasteiger partial charge in [-0.1, -0.05) is 6.08 Å². The highest BCUT2D eigenvalue weighted by Crippen LogP contribution is 2.16.